The summed E-state index contributed by atoms with van der Waals surface area (Å²) in [5.74, 6) is -11.3. The topological polar surface area (TPSA) is 54.4 Å². The lowest BCUT2D eigenvalue weighted by Gasteiger charge is -2.04. The number of thioether (sulfide) groups is 1. The van der Waals surface area contributed by atoms with E-state index in [1.165, 1.54) is 11.3 Å². The molecule has 0 aliphatic carbocycles. The number of fused-ring (bicyclic) bond motifs is 1. The van der Waals surface area contributed by atoms with E-state index in [2.05, 4.69) is 10.1 Å². The van der Waals surface area contributed by atoms with E-state index < -0.39 is 40.6 Å². The van der Waals surface area contributed by atoms with Crippen LogP contribution in [0.4, 0.5) is 22.0 Å². The molecule has 1 heterocycles. The normalized spacial score (nSPS) is 11.4. The maximum absolute atomic E-state index is 13.5. The van der Waals surface area contributed by atoms with Crippen molar-refractivity contribution in [1.82, 2.24) is 10.4 Å². The summed E-state index contributed by atoms with van der Waals surface area (Å²) in [6, 6.07) is 7.39. The van der Waals surface area contributed by atoms with E-state index in [4.69, 9.17) is 0 Å². The molecule has 0 saturated carbocycles. The highest BCUT2D eigenvalue weighted by molar-refractivity contribution is 8.01. The molecule has 1 aromatic heterocycles. The number of halogens is 5. The van der Waals surface area contributed by atoms with Crippen LogP contribution in [0.2, 0.25) is 0 Å². The first-order valence-electron chi connectivity index (χ1n) is 7.20. The van der Waals surface area contributed by atoms with E-state index in [-0.39, 0.29) is 5.75 Å². The van der Waals surface area contributed by atoms with Crippen molar-refractivity contribution in [2.75, 3.05) is 5.75 Å². The number of amides is 1. The van der Waals surface area contributed by atoms with Crippen molar-refractivity contribution in [3.05, 3.63) is 58.9 Å². The smallest absolute Gasteiger partial charge is 0.250 e. The van der Waals surface area contributed by atoms with E-state index in [1.807, 2.05) is 29.7 Å². The predicted octanol–water partition coefficient (Wildman–Crippen LogP) is 4.23. The fourth-order valence-corrected chi connectivity index (χ4v) is 3.84. The van der Waals surface area contributed by atoms with Crippen LogP contribution < -0.4 is 5.43 Å². The van der Waals surface area contributed by atoms with Crippen LogP contribution in [0.1, 0.15) is 5.56 Å². The van der Waals surface area contributed by atoms with Crippen LogP contribution in [0.25, 0.3) is 10.2 Å². The van der Waals surface area contributed by atoms with Crippen LogP contribution in [0.5, 0.6) is 0 Å². The Hall–Kier alpha value is -2.53. The number of hydrazone groups is 1. The number of nitrogens with zero attached hydrogens (tertiary/aromatic N) is 2. The molecule has 1 N–H and O–H groups in total. The number of hydrogen-bond acceptors (Lipinski definition) is 5. The molecule has 11 heteroatoms. The quantitative estimate of drug-likeness (QED) is 0.169. The number of rotatable bonds is 5. The zero-order valence-corrected chi connectivity index (χ0v) is 14.7. The molecular weight excluding hydrogens is 409 g/mol. The summed E-state index contributed by atoms with van der Waals surface area (Å²) in [6.45, 7) is 0. The largest absolute Gasteiger partial charge is 0.272 e. The van der Waals surface area contributed by atoms with Gasteiger partial charge in [-0.25, -0.2) is 32.4 Å². The molecule has 0 fully saturated rings. The maximum Gasteiger partial charge on any atom is 0.250 e. The van der Waals surface area contributed by atoms with Gasteiger partial charge in [0.1, 0.15) is 0 Å². The van der Waals surface area contributed by atoms with Crippen molar-refractivity contribution in [3.8, 4) is 0 Å². The highest BCUT2D eigenvalue weighted by Gasteiger charge is 2.24. The van der Waals surface area contributed by atoms with Gasteiger partial charge in [0, 0.05) is 0 Å². The van der Waals surface area contributed by atoms with Crippen LogP contribution in [0, 0.1) is 29.1 Å². The summed E-state index contributed by atoms with van der Waals surface area (Å²) in [7, 11) is 0. The monoisotopic (exact) mass is 417 g/mol. The second-order valence-corrected chi connectivity index (χ2v) is 7.27. The summed E-state index contributed by atoms with van der Waals surface area (Å²) >= 11 is 2.50. The molecule has 4 nitrogen and oxygen atoms in total. The summed E-state index contributed by atoms with van der Waals surface area (Å²) < 4.78 is 67.6. The van der Waals surface area contributed by atoms with E-state index >= 15 is 0 Å². The minimum atomic E-state index is -2.27. The highest BCUT2D eigenvalue weighted by atomic mass is 32.2. The van der Waals surface area contributed by atoms with Crippen molar-refractivity contribution in [3.63, 3.8) is 0 Å². The van der Waals surface area contributed by atoms with Crippen LogP contribution in [-0.4, -0.2) is 22.9 Å². The SMILES string of the molecule is O=C(CSc1nc2ccccc2s1)N/N=C\c1c(F)c(F)c(F)c(F)c1F. The summed E-state index contributed by atoms with van der Waals surface area (Å²) in [6.07, 6.45) is 0.358. The van der Waals surface area contributed by atoms with Crippen molar-refractivity contribution in [2.45, 2.75) is 4.34 Å². The Morgan fingerprint density at radius 1 is 1.07 bits per heavy atom. The number of hydrogen-bond donors (Lipinski definition) is 1. The zero-order valence-electron chi connectivity index (χ0n) is 13.1. The number of carbonyl (C=O) groups is 1. The van der Waals surface area contributed by atoms with Gasteiger partial charge in [0.25, 0.3) is 5.91 Å². The molecule has 27 heavy (non-hydrogen) atoms. The van der Waals surface area contributed by atoms with Gasteiger partial charge in [0.2, 0.25) is 5.82 Å². The van der Waals surface area contributed by atoms with Gasteiger partial charge in [-0.2, -0.15) is 5.10 Å². The lowest BCUT2D eigenvalue weighted by Crippen LogP contribution is -2.20. The summed E-state index contributed by atoms with van der Waals surface area (Å²) in [4.78, 5) is 16.0. The first-order chi connectivity index (χ1) is 12.9. The Morgan fingerprint density at radius 2 is 1.70 bits per heavy atom. The lowest BCUT2D eigenvalue weighted by atomic mass is 10.2. The molecule has 0 saturated heterocycles. The molecule has 1 amide bonds. The molecule has 3 rings (SSSR count). The standard InChI is InChI=1S/C16H8F5N3OS2/c17-11-7(12(18)14(20)15(21)13(11)19)5-22-24-10(25)6-26-16-23-8-3-1-2-4-9(8)27-16/h1-5H,6H2,(H,24,25)/b22-5-. The minimum absolute atomic E-state index is 0.103. The molecule has 0 aliphatic heterocycles. The predicted molar refractivity (Wildman–Crippen MR) is 92.3 cm³/mol. The van der Waals surface area contributed by atoms with Gasteiger partial charge in [-0.1, -0.05) is 23.9 Å². The Bertz CT molecular complexity index is 992. The maximum atomic E-state index is 13.5. The number of nitrogens with one attached hydrogen (secondary N) is 1. The third-order valence-corrected chi connectivity index (χ3v) is 5.41. The zero-order chi connectivity index (χ0) is 19.6. The van der Waals surface area contributed by atoms with Gasteiger partial charge in [0.15, 0.2) is 27.6 Å². The number of aromatic nitrogens is 1. The van der Waals surface area contributed by atoms with Gasteiger partial charge in [-0.05, 0) is 12.1 Å². The first-order valence-corrected chi connectivity index (χ1v) is 9.00. The molecule has 0 bridgehead atoms. The molecule has 0 unspecified atom stereocenters. The van der Waals surface area contributed by atoms with Crippen molar-refractivity contribution in [1.29, 1.82) is 0 Å². The molecule has 0 radical (unpaired) electrons. The van der Waals surface area contributed by atoms with Crippen molar-refractivity contribution >= 4 is 45.4 Å². The third-order valence-electron chi connectivity index (χ3n) is 3.23. The van der Waals surface area contributed by atoms with Crippen LogP contribution in [-0.2, 0) is 4.79 Å². The van der Waals surface area contributed by atoms with Crippen LogP contribution in [0.3, 0.4) is 0 Å². The van der Waals surface area contributed by atoms with Crippen molar-refractivity contribution < 1.29 is 26.7 Å². The van der Waals surface area contributed by atoms with E-state index in [1.54, 1.807) is 0 Å². The summed E-state index contributed by atoms with van der Waals surface area (Å²) in [5, 5.41) is 3.24. The number of para-hydroxylation sites is 1. The fourth-order valence-electron chi connectivity index (χ4n) is 1.98. The van der Waals surface area contributed by atoms with Gasteiger partial charge in [0.05, 0.1) is 27.7 Å². The summed E-state index contributed by atoms with van der Waals surface area (Å²) in [5.41, 5.74) is 1.50. The Labute approximate surface area is 157 Å². The number of carbonyl (C=O) groups excluding carboxylic acids is 1. The van der Waals surface area contributed by atoms with E-state index in [0.717, 1.165) is 22.0 Å². The average molecular weight is 417 g/mol. The third kappa shape index (κ3) is 4.08. The van der Waals surface area contributed by atoms with Crippen LogP contribution in [0.15, 0.2) is 33.7 Å². The molecule has 0 spiro atoms. The molecule has 140 valence electrons. The van der Waals surface area contributed by atoms with Gasteiger partial charge in [-0.15, -0.1) is 11.3 Å². The number of benzene rings is 2. The fraction of sp³-hybridized carbons (Fsp3) is 0.0625. The van der Waals surface area contributed by atoms with Gasteiger partial charge < -0.3 is 0 Å². The van der Waals surface area contributed by atoms with Gasteiger partial charge >= 0.3 is 0 Å². The molecule has 0 atom stereocenters. The van der Waals surface area contributed by atoms with Gasteiger partial charge in [-0.3, -0.25) is 4.79 Å². The lowest BCUT2D eigenvalue weighted by molar-refractivity contribution is -0.118. The first kappa shape index (κ1) is 19.2. The second-order valence-electron chi connectivity index (χ2n) is 5.01. The Balaban J connectivity index is 1.62. The Kier molecular flexibility index (Phi) is 5.71. The second kappa shape index (κ2) is 8.01. The molecular formula is C16H8F5N3OS2. The Morgan fingerprint density at radius 3 is 2.37 bits per heavy atom. The van der Waals surface area contributed by atoms with Crippen LogP contribution >= 0.6 is 23.1 Å². The molecule has 3 aromatic rings. The minimum Gasteiger partial charge on any atom is -0.272 e. The van der Waals surface area contributed by atoms with Crippen molar-refractivity contribution in [2.24, 2.45) is 5.10 Å². The average Bonchev–Trinajstić information content (AvgIpc) is 3.09. The number of thiazole rings is 1. The van der Waals surface area contributed by atoms with E-state index in [0.29, 0.717) is 10.6 Å². The molecule has 0 aliphatic rings. The highest BCUT2D eigenvalue weighted by Crippen LogP contribution is 2.29. The van der Waals surface area contributed by atoms with E-state index in [9.17, 15) is 26.7 Å². The molecule has 2 aromatic carbocycles.